The topological polar surface area (TPSA) is 71.1 Å². The highest BCUT2D eigenvalue weighted by Gasteiger charge is 2.20. The first-order chi connectivity index (χ1) is 13.3. The molecule has 5 nitrogen and oxygen atoms in total. The summed E-state index contributed by atoms with van der Waals surface area (Å²) in [6, 6.07) is 9.61. The predicted molar refractivity (Wildman–Crippen MR) is 112 cm³/mol. The minimum Gasteiger partial charge on any atom is -0.349 e. The maximum Gasteiger partial charge on any atom is 0.257 e. The number of anilines is 1. The maximum atomic E-state index is 12.8. The Morgan fingerprint density at radius 2 is 1.61 bits per heavy atom. The molecule has 0 bridgehead atoms. The van der Waals surface area contributed by atoms with E-state index in [0.29, 0.717) is 11.1 Å². The first-order valence-electron chi connectivity index (χ1n) is 10.0. The molecule has 0 radical (unpaired) electrons. The monoisotopic (exact) mass is 379 g/mol. The van der Waals surface area contributed by atoms with E-state index in [-0.39, 0.29) is 23.3 Å². The summed E-state index contributed by atoms with van der Waals surface area (Å²) in [5.41, 5.74) is 2.53. The first kappa shape index (κ1) is 20.1. The molecule has 0 atom stereocenters. The molecule has 0 saturated heterocycles. The SMILES string of the molecule is CC(C)(C)c1ccccc1NC(=O)c1cncc(C(=O)NC2CCCCC2)c1. The normalized spacial score (nSPS) is 15.1. The number of hydrogen-bond acceptors (Lipinski definition) is 3. The summed E-state index contributed by atoms with van der Waals surface area (Å²) in [7, 11) is 0. The van der Waals surface area contributed by atoms with Crippen molar-refractivity contribution in [1.82, 2.24) is 10.3 Å². The lowest BCUT2D eigenvalue weighted by Crippen LogP contribution is -2.36. The Hall–Kier alpha value is -2.69. The van der Waals surface area contributed by atoms with Gasteiger partial charge in [0.1, 0.15) is 0 Å². The Kier molecular flexibility index (Phi) is 6.12. The third kappa shape index (κ3) is 4.97. The lowest BCUT2D eigenvalue weighted by atomic mass is 9.86. The third-order valence-electron chi connectivity index (χ3n) is 5.19. The van der Waals surface area contributed by atoms with E-state index in [2.05, 4.69) is 36.4 Å². The molecule has 0 spiro atoms. The highest BCUT2D eigenvalue weighted by Crippen LogP contribution is 2.29. The molecule has 1 aliphatic carbocycles. The number of nitrogens with one attached hydrogen (secondary N) is 2. The number of nitrogens with zero attached hydrogens (tertiary/aromatic N) is 1. The minimum absolute atomic E-state index is 0.0934. The number of pyridine rings is 1. The van der Waals surface area contributed by atoms with E-state index < -0.39 is 0 Å². The molecule has 2 N–H and O–H groups in total. The van der Waals surface area contributed by atoms with Gasteiger partial charge in [0.05, 0.1) is 11.1 Å². The van der Waals surface area contributed by atoms with Crippen LogP contribution in [-0.4, -0.2) is 22.8 Å². The van der Waals surface area contributed by atoms with Crippen LogP contribution in [0.5, 0.6) is 0 Å². The molecular formula is C23H29N3O2. The van der Waals surface area contributed by atoms with Crippen LogP contribution in [-0.2, 0) is 5.41 Å². The number of hydrogen-bond donors (Lipinski definition) is 2. The number of benzene rings is 1. The summed E-state index contributed by atoms with van der Waals surface area (Å²) in [6.07, 6.45) is 8.58. The second kappa shape index (κ2) is 8.55. The van der Waals surface area contributed by atoms with Gasteiger partial charge in [0.2, 0.25) is 0 Å². The van der Waals surface area contributed by atoms with Gasteiger partial charge in [-0.3, -0.25) is 14.6 Å². The molecule has 2 aromatic rings. The van der Waals surface area contributed by atoms with Crippen LogP contribution in [0.2, 0.25) is 0 Å². The molecule has 1 fully saturated rings. The van der Waals surface area contributed by atoms with Gasteiger partial charge in [-0.15, -0.1) is 0 Å². The second-order valence-corrected chi connectivity index (χ2v) is 8.52. The molecule has 5 heteroatoms. The smallest absolute Gasteiger partial charge is 0.257 e. The highest BCUT2D eigenvalue weighted by molar-refractivity contribution is 6.06. The van der Waals surface area contributed by atoms with E-state index in [1.807, 2.05) is 24.3 Å². The van der Waals surface area contributed by atoms with Crippen LogP contribution in [0.25, 0.3) is 0 Å². The predicted octanol–water partition coefficient (Wildman–Crippen LogP) is 4.69. The zero-order chi connectivity index (χ0) is 20.1. The molecule has 1 saturated carbocycles. The largest absolute Gasteiger partial charge is 0.349 e. The lowest BCUT2D eigenvalue weighted by molar-refractivity contribution is 0.0927. The second-order valence-electron chi connectivity index (χ2n) is 8.52. The molecule has 1 aliphatic rings. The number of carbonyl (C=O) groups excluding carboxylic acids is 2. The Labute approximate surface area is 167 Å². The van der Waals surface area contributed by atoms with E-state index in [1.165, 1.54) is 18.8 Å². The molecule has 3 rings (SSSR count). The summed E-state index contributed by atoms with van der Waals surface area (Å²) in [5, 5.41) is 6.04. The Bertz CT molecular complexity index is 849. The molecule has 148 valence electrons. The molecule has 1 aromatic heterocycles. The van der Waals surface area contributed by atoms with E-state index in [9.17, 15) is 9.59 Å². The van der Waals surface area contributed by atoms with Crippen molar-refractivity contribution in [3.05, 3.63) is 59.4 Å². The standard InChI is InChI=1S/C23H29N3O2/c1-23(2,3)19-11-7-8-12-20(19)26-22(28)17-13-16(14-24-15-17)21(27)25-18-9-5-4-6-10-18/h7-8,11-15,18H,4-6,9-10H2,1-3H3,(H,25,27)(H,26,28). The molecule has 1 aromatic carbocycles. The summed E-state index contributed by atoms with van der Waals surface area (Å²) in [5.74, 6) is -0.430. The van der Waals surface area contributed by atoms with Gasteiger partial charge < -0.3 is 10.6 Å². The van der Waals surface area contributed by atoms with Gasteiger partial charge in [-0.2, -0.15) is 0 Å². The number of amides is 2. The molecule has 0 unspecified atom stereocenters. The van der Waals surface area contributed by atoms with E-state index in [0.717, 1.165) is 36.9 Å². The molecule has 0 aliphatic heterocycles. The molecule has 2 amide bonds. The quantitative estimate of drug-likeness (QED) is 0.809. The molecule has 28 heavy (non-hydrogen) atoms. The third-order valence-corrected chi connectivity index (χ3v) is 5.19. The maximum absolute atomic E-state index is 12.8. The number of para-hydroxylation sites is 1. The Morgan fingerprint density at radius 3 is 2.29 bits per heavy atom. The van der Waals surface area contributed by atoms with Crippen LogP contribution in [0.4, 0.5) is 5.69 Å². The zero-order valence-corrected chi connectivity index (χ0v) is 16.9. The fourth-order valence-electron chi connectivity index (χ4n) is 3.64. The summed E-state index contributed by atoms with van der Waals surface area (Å²) in [4.78, 5) is 29.4. The number of carbonyl (C=O) groups is 2. The van der Waals surface area contributed by atoms with Crippen molar-refractivity contribution in [2.24, 2.45) is 0 Å². The molecule has 1 heterocycles. The van der Waals surface area contributed by atoms with Crippen molar-refractivity contribution in [2.75, 3.05) is 5.32 Å². The van der Waals surface area contributed by atoms with Gasteiger partial charge in [0.25, 0.3) is 11.8 Å². The Morgan fingerprint density at radius 1 is 0.964 bits per heavy atom. The average Bonchev–Trinajstić information content (AvgIpc) is 2.68. The van der Waals surface area contributed by atoms with Crippen LogP contribution in [0.3, 0.4) is 0 Å². The summed E-state index contributed by atoms with van der Waals surface area (Å²) < 4.78 is 0. The van der Waals surface area contributed by atoms with Gasteiger partial charge in [0, 0.05) is 24.1 Å². The van der Waals surface area contributed by atoms with Crippen molar-refractivity contribution in [1.29, 1.82) is 0 Å². The van der Waals surface area contributed by atoms with E-state index >= 15 is 0 Å². The van der Waals surface area contributed by atoms with Crippen LogP contribution in [0, 0.1) is 0 Å². The van der Waals surface area contributed by atoms with Crippen molar-refractivity contribution < 1.29 is 9.59 Å². The van der Waals surface area contributed by atoms with Crippen LogP contribution >= 0.6 is 0 Å². The van der Waals surface area contributed by atoms with Crippen LogP contribution < -0.4 is 10.6 Å². The number of rotatable bonds is 4. The van der Waals surface area contributed by atoms with Crippen molar-refractivity contribution >= 4 is 17.5 Å². The van der Waals surface area contributed by atoms with Gasteiger partial charge in [0.15, 0.2) is 0 Å². The van der Waals surface area contributed by atoms with Gasteiger partial charge in [-0.1, -0.05) is 58.2 Å². The minimum atomic E-state index is -0.267. The number of aromatic nitrogens is 1. The zero-order valence-electron chi connectivity index (χ0n) is 16.9. The van der Waals surface area contributed by atoms with Crippen LogP contribution in [0.15, 0.2) is 42.7 Å². The summed E-state index contributed by atoms with van der Waals surface area (Å²) in [6.45, 7) is 6.32. The van der Waals surface area contributed by atoms with Crippen LogP contribution in [0.1, 0.15) is 79.2 Å². The fraction of sp³-hybridized carbons (Fsp3) is 0.435. The first-order valence-corrected chi connectivity index (χ1v) is 10.0. The van der Waals surface area contributed by atoms with Crippen molar-refractivity contribution in [3.8, 4) is 0 Å². The van der Waals surface area contributed by atoms with Gasteiger partial charge in [-0.05, 0) is 36.0 Å². The Balaban J connectivity index is 1.73. The highest BCUT2D eigenvalue weighted by atomic mass is 16.2. The summed E-state index contributed by atoms with van der Waals surface area (Å²) >= 11 is 0. The van der Waals surface area contributed by atoms with E-state index in [1.54, 1.807) is 6.07 Å². The van der Waals surface area contributed by atoms with Crippen molar-refractivity contribution in [2.45, 2.75) is 64.3 Å². The van der Waals surface area contributed by atoms with Gasteiger partial charge in [-0.25, -0.2) is 0 Å². The average molecular weight is 380 g/mol. The molecular weight excluding hydrogens is 350 g/mol. The lowest BCUT2D eigenvalue weighted by Gasteiger charge is -2.23. The van der Waals surface area contributed by atoms with E-state index in [4.69, 9.17) is 0 Å². The van der Waals surface area contributed by atoms with Gasteiger partial charge >= 0.3 is 0 Å². The fourth-order valence-corrected chi connectivity index (χ4v) is 3.64. The van der Waals surface area contributed by atoms with Crippen molar-refractivity contribution in [3.63, 3.8) is 0 Å².